The summed E-state index contributed by atoms with van der Waals surface area (Å²) < 4.78 is 6.99. The van der Waals surface area contributed by atoms with Crippen molar-refractivity contribution in [2.24, 2.45) is 0 Å². The van der Waals surface area contributed by atoms with Crippen molar-refractivity contribution in [2.45, 2.75) is 13.2 Å². The summed E-state index contributed by atoms with van der Waals surface area (Å²) in [4.78, 5) is 17.4. The van der Waals surface area contributed by atoms with E-state index in [4.69, 9.17) is 21.9 Å². The minimum absolute atomic E-state index is 0.269. The molecule has 5 nitrogen and oxygen atoms in total. The van der Waals surface area contributed by atoms with Crippen LogP contribution in [0.2, 0.25) is 0 Å². The average molecular weight is 510 g/mol. The van der Waals surface area contributed by atoms with Crippen molar-refractivity contribution in [2.75, 3.05) is 0 Å². The Bertz CT molecular complexity index is 1470. The number of fused-ring (bicyclic) bond motifs is 1. The Balaban J connectivity index is 1.13. The van der Waals surface area contributed by atoms with Crippen LogP contribution in [0.5, 0.6) is 5.75 Å². The van der Waals surface area contributed by atoms with Crippen molar-refractivity contribution in [3.05, 3.63) is 120 Å². The first-order chi connectivity index (χ1) is 17.6. The Morgan fingerprint density at radius 1 is 0.861 bits per heavy atom. The molecule has 0 fully saturated rings. The van der Waals surface area contributed by atoms with Crippen LogP contribution in [0.4, 0.5) is 0 Å². The van der Waals surface area contributed by atoms with Crippen LogP contribution in [0, 0.1) is 0 Å². The third kappa shape index (κ3) is 5.94. The zero-order valence-electron chi connectivity index (χ0n) is 19.3. The second-order valence-electron chi connectivity index (χ2n) is 8.12. The van der Waals surface area contributed by atoms with Crippen LogP contribution in [0.3, 0.4) is 0 Å². The highest BCUT2D eigenvalue weighted by atomic mass is 32.1. The molecule has 1 amide bonds. The van der Waals surface area contributed by atoms with Gasteiger partial charge in [-0.3, -0.25) is 10.1 Å². The van der Waals surface area contributed by atoms with Crippen molar-refractivity contribution in [3.8, 4) is 16.3 Å². The average Bonchev–Trinajstić information content (AvgIpc) is 3.36. The molecule has 1 aromatic heterocycles. The molecule has 0 spiro atoms. The maximum absolute atomic E-state index is 12.7. The van der Waals surface area contributed by atoms with Gasteiger partial charge in [-0.2, -0.15) is 0 Å². The van der Waals surface area contributed by atoms with E-state index in [1.807, 2.05) is 66.7 Å². The zero-order chi connectivity index (χ0) is 24.7. The number of carbonyl (C=O) groups excluding carboxylic acids is 1. The van der Waals surface area contributed by atoms with Gasteiger partial charge in [0.1, 0.15) is 17.4 Å². The SMILES string of the molecule is O=C(NC(=S)NCc1ccc(-c2nc3ccccc3s2)cc1)c1cccc(OCc2ccccc2)c1. The molecule has 0 saturated carbocycles. The molecular weight excluding hydrogens is 486 g/mol. The first kappa shape index (κ1) is 23.7. The topological polar surface area (TPSA) is 63.2 Å². The number of para-hydroxylation sites is 1. The van der Waals surface area contributed by atoms with E-state index in [9.17, 15) is 4.79 Å². The number of nitrogens with zero attached hydrogens (tertiary/aromatic N) is 1. The lowest BCUT2D eigenvalue weighted by molar-refractivity contribution is 0.0976. The predicted molar refractivity (Wildman–Crippen MR) is 149 cm³/mol. The number of rotatable bonds is 7. The first-order valence-electron chi connectivity index (χ1n) is 11.4. The first-order valence-corrected chi connectivity index (χ1v) is 12.7. The third-order valence-corrected chi connectivity index (χ3v) is 6.85. The van der Waals surface area contributed by atoms with Gasteiger partial charge in [0.2, 0.25) is 0 Å². The summed E-state index contributed by atoms with van der Waals surface area (Å²) in [6.07, 6.45) is 0. The van der Waals surface area contributed by atoms with Crippen LogP contribution < -0.4 is 15.4 Å². The van der Waals surface area contributed by atoms with Gasteiger partial charge < -0.3 is 10.1 Å². The molecule has 178 valence electrons. The van der Waals surface area contributed by atoms with Crippen molar-refractivity contribution < 1.29 is 9.53 Å². The van der Waals surface area contributed by atoms with Gasteiger partial charge in [0.05, 0.1) is 10.2 Å². The lowest BCUT2D eigenvalue weighted by Crippen LogP contribution is -2.38. The summed E-state index contributed by atoms with van der Waals surface area (Å²) in [6, 6.07) is 33.2. The molecule has 0 radical (unpaired) electrons. The van der Waals surface area contributed by atoms with E-state index in [0.717, 1.165) is 27.2 Å². The molecule has 0 unspecified atom stereocenters. The van der Waals surface area contributed by atoms with Gasteiger partial charge in [0, 0.05) is 17.7 Å². The highest BCUT2D eigenvalue weighted by molar-refractivity contribution is 7.80. The number of ether oxygens (including phenoxy) is 1. The van der Waals surface area contributed by atoms with E-state index in [1.165, 1.54) is 4.70 Å². The maximum Gasteiger partial charge on any atom is 0.257 e. The fourth-order valence-electron chi connectivity index (χ4n) is 3.63. The second-order valence-corrected chi connectivity index (χ2v) is 9.56. The van der Waals surface area contributed by atoms with Crippen LogP contribution in [0.1, 0.15) is 21.5 Å². The minimum Gasteiger partial charge on any atom is -0.489 e. The largest absolute Gasteiger partial charge is 0.489 e. The summed E-state index contributed by atoms with van der Waals surface area (Å²) >= 11 is 7.01. The monoisotopic (exact) mass is 509 g/mol. The molecule has 4 aromatic carbocycles. The summed E-state index contributed by atoms with van der Waals surface area (Å²) in [5.41, 5.74) is 4.67. The number of carbonyl (C=O) groups is 1. The van der Waals surface area contributed by atoms with Gasteiger partial charge in [-0.25, -0.2) is 4.98 Å². The fraction of sp³-hybridized carbons (Fsp3) is 0.0690. The number of hydrogen-bond acceptors (Lipinski definition) is 5. The van der Waals surface area contributed by atoms with Crippen LogP contribution in [0.25, 0.3) is 20.8 Å². The highest BCUT2D eigenvalue weighted by Crippen LogP contribution is 2.30. The molecule has 7 heteroatoms. The van der Waals surface area contributed by atoms with E-state index < -0.39 is 0 Å². The van der Waals surface area contributed by atoms with Gasteiger partial charge >= 0.3 is 0 Å². The predicted octanol–water partition coefficient (Wildman–Crippen LogP) is 6.35. The number of thiocarbonyl (C=S) groups is 1. The summed E-state index contributed by atoms with van der Waals surface area (Å²) in [6.45, 7) is 0.934. The lowest BCUT2D eigenvalue weighted by Gasteiger charge is -2.11. The van der Waals surface area contributed by atoms with E-state index in [0.29, 0.717) is 24.5 Å². The van der Waals surface area contributed by atoms with E-state index in [2.05, 4.69) is 28.8 Å². The van der Waals surface area contributed by atoms with Gasteiger partial charge in [0.25, 0.3) is 5.91 Å². The van der Waals surface area contributed by atoms with Gasteiger partial charge in [-0.1, -0.05) is 72.8 Å². The molecule has 5 rings (SSSR count). The number of hydrogen-bond donors (Lipinski definition) is 2. The van der Waals surface area contributed by atoms with E-state index in [1.54, 1.807) is 29.5 Å². The van der Waals surface area contributed by atoms with Gasteiger partial charge in [0.15, 0.2) is 5.11 Å². The molecular formula is C29H23N3O2S2. The Labute approximate surface area is 218 Å². The third-order valence-electron chi connectivity index (χ3n) is 5.52. The molecule has 0 aliphatic heterocycles. The highest BCUT2D eigenvalue weighted by Gasteiger charge is 2.10. The Kier molecular flexibility index (Phi) is 7.30. The number of aromatic nitrogens is 1. The van der Waals surface area contributed by atoms with Crippen molar-refractivity contribution in [1.82, 2.24) is 15.6 Å². The summed E-state index contributed by atoms with van der Waals surface area (Å²) in [5, 5.41) is 7.10. The molecule has 0 bridgehead atoms. The molecule has 5 aromatic rings. The zero-order valence-corrected chi connectivity index (χ0v) is 20.9. The smallest absolute Gasteiger partial charge is 0.257 e. The van der Waals surface area contributed by atoms with Gasteiger partial charge in [-0.15, -0.1) is 11.3 Å². The van der Waals surface area contributed by atoms with E-state index >= 15 is 0 Å². The number of benzene rings is 4. The van der Waals surface area contributed by atoms with Crippen molar-refractivity contribution in [1.29, 1.82) is 0 Å². The van der Waals surface area contributed by atoms with E-state index in [-0.39, 0.29) is 11.0 Å². The van der Waals surface area contributed by atoms with Crippen LogP contribution in [-0.4, -0.2) is 16.0 Å². The standard InChI is InChI=1S/C29H23N3O2S2/c33-27(23-9-6-10-24(17-23)34-19-21-7-2-1-3-8-21)32-29(35)30-18-20-13-15-22(16-14-20)28-31-25-11-4-5-12-26(25)36-28/h1-17H,18-19H2,(H2,30,32,33,35). The fourth-order valence-corrected chi connectivity index (χ4v) is 4.77. The summed E-state index contributed by atoms with van der Waals surface area (Å²) in [5.74, 6) is 0.336. The minimum atomic E-state index is -0.288. The number of nitrogens with one attached hydrogen (secondary N) is 2. The lowest BCUT2D eigenvalue weighted by atomic mass is 10.1. The second kappa shape index (κ2) is 11.1. The normalized spacial score (nSPS) is 10.7. The van der Waals surface area contributed by atoms with Crippen LogP contribution in [0.15, 0.2) is 103 Å². The number of amides is 1. The molecule has 0 atom stereocenters. The van der Waals surface area contributed by atoms with Crippen LogP contribution in [-0.2, 0) is 13.2 Å². The summed E-state index contributed by atoms with van der Waals surface area (Å²) in [7, 11) is 0. The molecule has 2 N–H and O–H groups in total. The Morgan fingerprint density at radius 3 is 2.44 bits per heavy atom. The van der Waals surface area contributed by atoms with Crippen LogP contribution >= 0.6 is 23.6 Å². The maximum atomic E-state index is 12.7. The molecule has 1 heterocycles. The molecule has 0 aliphatic carbocycles. The van der Waals surface area contributed by atoms with Gasteiger partial charge in [-0.05, 0) is 53.7 Å². The Hall–Kier alpha value is -4.07. The quantitative estimate of drug-likeness (QED) is 0.251. The number of thiazole rings is 1. The molecule has 0 saturated heterocycles. The Morgan fingerprint density at radius 2 is 1.64 bits per heavy atom. The van der Waals surface area contributed by atoms with Crippen molar-refractivity contribution >= 4 is 44.8 Å². The van der Waals surface area contributed by atoms with Crippen molar-refractivity contribution in [3.63, 3.8) is 0 Å². The molecule has 0 aliphatic rings. The molecule has 36 heavy (non-hydrogen) atoms.